The van der Waals surface area contributed by atoms with Crippen molar-refractivity contribution < 1.29 is 19.0 Å². The molecule has 0 aliphatic heterocycles. The van der Waals surface area contributed by atoms with Crippen LogP contribution in [0.15, 0.2) is 60.8 Å². The number of phenolic OH excluding ortho intramolecular Hbond substituents is 1. The van der Waals surface area contributed by atoms with Crippen molar-refractivity contribution in [3.05, 3.63) is 66.6 Å². The van der Waals surface area contributed by atoms with Gasteiger partial charge in [-0.1, -0.05) is 0 Å². The van der Waals surface area contributed by atoms with E-state index < -0.39 is 11.8 Å². The lowest BCUT2D eigenvalue weighted by atomic mass is 10.1. The van der Waals surface area contributed by atoms with Gasteiger partial charge in [0.1, 0.15) is 11.3 Å². The zero-order valence-corrected chi connectivity index (χ0v) is 15.8. The van der Waals surface area contributed by atoms with Crippen molar-refractivity contribution in [2.45, 2.75) is 0 Å². The van der Waals surface area contributed by atoms with Crippen LogP contribution in [-0.4, -0.2) is 33.2 Å². The van der Waals surface area contributed by atoms with Crippen LogP contribution in [0.1, 0.15) is 0 Å². The highest BCUT2D eigenvalue weighted by atomic mass is 19.1. The highest BCUT2D eigenvalue weighted by molar-refractivity contribution is 5.99. The molecule has 0 bridgehead atoms. The van der Waals surface area contributed by atoms with Gasteiger partial charge >= 0.3 is 6.03 Å². The molecule has 3 N–H and O–H groups in total. The van der Waals surface area contributed by atoms with E-state index >= 15 is 0 Å². The van der Waals surface area contributed by atoms with E-state index in [2.05, 4.69) is 25.6 Å². The molecule has 9 heteroatoms. The van der Waals surface area contributed by atoms with E-state index in [1.807, 2.05) is 0 Å². The molecule has 0 saturated carbocycles. The third kappa shape index (κ3) is 4.09. The molecule has 0 spiro atoms. The van der Waals surface area contributed by atoms with Crippen molar-refractivity contribution in [3.63, 3.8) is 0 Å². The van der Waals surface area contributed by atoms with Gasteiger partial charge in [0.2, 0.25) is 0 Å². The van der Waals surface area contributed by atoms with E-state index in [0.717, 1.165) is 5.56 Å². The van der Waals surface area contributed by atoms with E-state index in [0.29, 0.717) is 28.3 Å². The van der Waals surface area contributed by atoms with Crippen LogP contribution in [0.3, 0.4) is 0 Å². The van der Waals surface area contributed by atoms with Gasteiger partial charge in [-0.2, -0.15) is 0 Å². The Morgan fingerprint density at radius 2 is 1.83 bits per heavy atom. The molecule has 2 heterocycles. The second kappa shape index (κ2) is 8.00. The van der Waals surface area contributed by atoms with Crippen LogP contribution in [0, 0.1) is 5.82 Å². The van der Waals surface area contributed by atoms with Crippen LogP contribution in [0.25, 0.3) is 22.4 Å². The number of carbonyl (C=O) groups excluding carboxylic acids is 1. The molecular formula is C21H16FN5O3. The minimum Gasteiger partial charge on any atom is -0.504 e. The topological polar surface area (TPSA) is 109 Å². The Labute approximate surface area is 170 Å². The number of aromatic hydroxyl groups is 1. The quantitative estimate of drug-likeness (QED) is 0.470. The number of rotatable bonds is 4. The molecule has 0 aliphatic rings. The molecule has 0 saturated heterocycles. The number of anilines is 2. The van der Waals surface area contributed by atoms with Gasteiger partial charge in [0, 0.05) is 11.3 Å². The number of nitrogens with one attached hydrogen (secondary N) is 2. The lowest BCUT2D eigenvalue weighted by molar-refractivity contribution is 0.262. The minimum atomic E-state index is -0.547. The summed E-state index contributed by atoms with van der Waals surface area (Å²) in [6.07, 6.45) is 1.41. The van der Waals surface area contributed by atoms with Gasteiger partial charge in [0.25, 0.3) is 0 Å². The van der Waals surface area contributed by atoms with Gasteiger partial charge < -0.3 is 15.2 Å². The number of ether oxygens (including phenoxy) is 1. The van der Waals surface area contributed by atoms with Crippen molar-refractivity contribution in [1.29, 1.82) is 0 Å². The van der Waals surface area contributed by atoms with Crippen LogP contribution in [0.4, 0.5) is 20.7 Å². The average Bonchev–Trinajstić information content (AvgIpc) is 2.75. The first-order valence-corrected chi connectivity index (χ1v) is 8.86. The van der Waals surface area contributed by atoms with Crippen LogP contribution in [0.2, 0.25) is 0 Å². The summed E-state index contributed by atoms with van der Waals surface area (Å²) in [5, 5.41) is 14.9. The Morgan fingerprint density at radius 1 is 1.03 bits per heavy atom. The predicted molar refractivity (Wildman–Crippen MR) is 110 cm³/mol. The molecule has 150 valence electrons. The van der Waals surface area contributed by atoms with Crippen molar-refractivity contribution >= 4 is 28.7 Å². The Bertz CT molecular complexity index is 1230. The maximum Gasteiger partial charge on any atom is 0.324 e. The summed E-state index contributed by atoms with van der Waals surface area (Å²) in [7, 11) is 1.47. The Hall–Kier alpha value is -4.27. The molecule has 0 radical (unpaired) electrons. The number of nitrogens with zero attached hydrogens (tertiary/aromatic N) is 3. The van der Waals surface area contributed by atoms with Crippen LogP contribution < -0.4 is 15.4 Å². The second-order valence-corrected chi connectivity index (χ2v) is 6.27. The third-order valence-corrected chi connectivity index (χ3v) is 4.23. The van der Waals surface area contributed by atoms with E-state index in [4.69, 9.17) is 4.74 Å². The fourth-order valence-corrected chi connectivity index (χ4v) is 2.77. The molecule has 30 heavy (non-hydrogen) atoms. The highest BCUT2D eigenvalue weighted by Crippen LogP contribution is 2.31. The molecule has 8 nitrogen and oxygen atoms in total. The summed E-state index contributed by atoms with van der Waals surface area (Å²) < 4.78 is 18.1. The SMILES string of the molecule is COc1cc(-c2ccc3ncc(NC(=O)Nc4ccc(F)cc4)nc3n2)ccc1O. The van der Waals surface area contributed by atoms with Crippen LogP contribution in [-0.2, 0) is 0 Å². The number of fused-ring (bicyclic) bond motifs is 1. The number of urea groups is 1. The normalized spacial score (nSPS) is 10.6. The molecule has 2 amide bonds. The molecule has 4 aromatic rings. The van der Waals surface area contributed by atoms with Gasteiger partial charge in [0.15, 0.2) is 23.0 Å². The molecular weight excluding hydrogens is 389 g/mol. The van der Waals surface area contributed by atoms with E-state index in [1.165, 1.54) is 43.6 Å². The number of benzene rings is 2. The fourth-order valence-electron chi connectivity index (χ4n) is 2.77. The van der Waals surface area contributed by atoms with Crippen LogP contribution >= 0.6 is 0 Å². The Balaban J connectivity index is 1.57. The third-order valence-electron chi connectivity index (χ3n) is 4.23. The molecule has 2 aromatic carbocycles. The first kappa shape index (κ1) is 19.1. The number of methoxy groups -OCH3 is 1. The van der Waals surface area contributed by atoms with Gasteiger partial charge in [-0.25, -0.2) is 24.1 Å². The average molecular weight is 405 g/mol. The summed E-state index contributed by atoms with van der Waals surface area (Å²) in [5.41, 5.74) is 2.64. The predicted octanol–water partition coefficient (Wildman–Crippen LogP) is 4.19. The summed E-state index contributed by atoms with van der Waals surface area (Å²) in [6, 6.07) is 13.3. The second-order valence-electron chi connectivity index (χ2n) is 6.27. The molecule has 4 rings (SSSR count). The number of aromatic nitrogens is 3. The smallest absolute Gasteiger partial charge is 0.324 e. The standard InChI is InChI=1S/C21H16FN5O3/c1-30-18-10-12(2-9-17(18)28)15-7-8-16-20(25-15)26-19(11-23-16)27-21(29)24-14-5-3-13(22)4-6-14/h2-11,28H,1H3,(H2,24,25,26,27,29). The van der Waals surface area contributed by atoms with Gasteiger partial charge in [-0.05, 0) is 54.6 Å². The zero-order valence-electron chi connectivity index (χ0n) is 15.8. The first-order chi connectivity index (χ1) is 14.5. The number of carbonyl (C=O) groups is 1. The number of hydrogen-bond donors (Lipinski definition) is 3. The maximum atomic E-state index is 13.0. The first-order valence-electron chi connectivity index (χ1n) is 8.86. The number of hydrogen-bond acceptors (Lipinski definition) is 6. The van der Waals surface area contributed by atoms with Gasteiger partial charge in [-0.15, -0.1) is 0 Å². The van der Waals surface area contributed by atoms with E-state index in [-0.39, 0.29) is 11.6 Å². The summed E-state index contributed by atoms with van der Waals surface area (Å²) in [5.74, 6) is 0.165. The molecule has 0 unspecified atom stereocenters. The Kier molecular flexibility index (Phi) is 5.08. The lowest BCUT2D eigenvalue weighted by Gasteiger charge is -2.09. The van der Waals surface area contributed by atoms with Gasteiger partial charge in [-0.3, -0.25) is 5.32 Å². The van der Waals surface area contributed by atoms with Crippen molar-refractivity contribution in [1.82, 2.24) is 15.0 Å². The fraction of sp³-hybridized carbons (Fsp3) is 0.0476. The van der Waals surface area contributed by atoms with Gasteiger partial charge in [0.05, 0.1) is 19.0 Å². The van der Waals surface area contributed by atoms with Crippen molar-refractivity contribution in [3.8, 4) is 22.8 Å². The van der Waals surface area contributed by atoms with Crippen molar-refractivity contribution in [2.24, 2.45) is 0 Å². The maximum absolute atomic E-state index is 13.0. The largest absolute Gasteiger partial charge is 0.504 e. The van der Waals surface area contributed by atoms with E-state index in [1.54, 1.807) is 24.3 Å². The number of phenols is 1. The summed E-state index contributed by atoms with van der Waals surface area (Å²) in [4.78, 5) is 25.2. The highest BCUT2D eigenvalue weighted by Gasteiger charge is 2.10. The number of pyridine rings is 1. The molecule has 0 fully saturated rings. The summed E-state index contributed by atoms with van der Waals surface area (Å²) in [6.45, 7) is 0. The summed E-state index contributed by atoms with van der Waals surface area (Å²) >= 11 is 0. The number of halogens is 1. The molecule has 2 aromatic heterocycles. The van der Waals surface area contributed by atoms with Crippen LogP contribution in [0.5, 0.6) is 11.5 Å². The Morgan fingerprint density at radius 3 is 2.60 bits per heavy atom. The monoisotopic (exact) mass is 405 g/mol. The van der Waals surface area contributed by atoms with E-state index in [9.17, 15) is 14.3 Å². The zero-order chi connectivity index (χ0) is 21.1. The lowest BCUT2D eigenvalue weighted by Crippen LogP contribution is -2.20. The number of amides is 2. The van der Waals surface area contributed by atoms with Crippen molar-refractivity contribution in [2.75, 3.05) is 17.7 Å². The molecule has 0 aliphatic carbocycles. The minimum absolute atomic E-state index is 0.0282. The molecule has 0 atom stereocenters.